The molecule has 0 radical (unpaired) electrons. The number of hydrogen-bond donors (Lipinski definition) is 1. The third-order valence-corrected chi connectivity index (χ3v) is 7.31. The van der Waals surface area contributed by atoms with Crippen LogP contribution in [0.5, 0.6) is 17.2 Å². The van der Waals surface area contributed by atoms with Crippen molar-refractivity contribution in [2.24, 2.45) is 0 Å². The van der Waals surface area contributed by atoms with Gasteiger partial charge < -0.3 is 14.6 Å². The maximum Gasteiger partial charge on any atom is 0.127 e. The second-order valence-corrected chi connectivity index (χ2v) is 10.1. The van der Waals surface area contributed by atoms with E-state index in [0.29, 0.717) is 0 Å². The summed E-state index contributed by atoms with van der Waals surface area (Å²) in [4.78, 5) is 2.50. The van der Waals surface area contributed by atoms with Gasteiger partial charge in [-0.2, -0.15) is 0 Å². The van der Waals surface area contributed by atoms with Crippen molar-refractivity contribution >= 4 is 0 Å². The number of phenolic OH excluding ortho intramolecular Hbond substituents is 1. The summed E-state index contributed by atoms with van der Waals surface area (Å²) in [6.45, 7) is 8.38. The standard InChI is InChI=1S/C30H35NO3/c1-30(2)29(23-9-5-3-6-10-23)28(26-16-13-24(32)21-27(26)34-30)22-11-14-25(15-12-22)33-20-19-31-17-7-4-8-18-31/h3,5-6,9-16,21,28-29,32H,4,7-8,17-20H2,1-2H3/t28-,29-/m1/s1. The number of phenols is 1. The molecule has 2 atom stereocenters. The number of hydrogen-bond acceptors (Lipinski definition) is 4. The lowest BCUT2D eigenvalue weighted by atomic mass is 9.68. The molecule has 0 saturated carbocycles. The first-order valence-corrected chi connectivity index (χ1v) is 12.5. The van der Waals surface area contributed by atoms with E-state index in [1.54, 1.807) is 12.1 Å². The van der Waals surface area contributed by atoms with Gasteiger partial charge in [0.2, 0.25) is 0 Å². The topological polar surface area (TPSA) is 41.9 Å². The van der Waals surface area contributed by atoms with Crippen LogP contribution in [0, 0.1) is 0 Å². The molecule has 4 nitrogen and oxygen atoms in total. The molecule has 4 heteroatoms. The van der Waals surface area contributed by atoms with Crippen molar-refractivity contribution in [2.75, 3.05) is 26.2 Å². The van der Waals surface area contributed by atoms with E-state index in [0.717, 1.165) is 30.2 Å². The van der Waals surface area contributed by atoms with Gasteiger partial charge in [-0.1, -0.05) is 55.0 Å². The van der Waals surface area contributed by atoms with E-state index in [1.807, 2.05) is 6.07 Å². The highest BCUT2D eigenvalue weighted by atomic mass is 16.5. The Balaban J connectivity index is 1.42. The van der Waals surface area contributed by atoms with Gasteiger partial charge in [-0.15, -0.1) is 0 Å². The molecular formula is C30H35NO3. The molecule has 34 heavy (non-hydrogen) atoms. The molecule has 0 amide bonds. The summed E-state index contributed by atoms with van der Waals surface area (Å²) in [5.74, 6) is 2.11. The third-order valence-electron chi connectivity index (χ3n) is 7.31. The number of fused-ring (bicyclic) bond motifs is 1. The predicted molar refractivity (Wildman–Crippen MR) is 136 cm³/mol. The van der Waals surface area contributed by atoms with Crippen LogP contribution in [-0.2, 0) is 0 Å². The fraction of sp³-hybridized carbons (Fsp3) is 0.400. The zero-order valence-electron chi connectivity index (χ0n) is 20.2. The Morgan fingerprint density at radius 1 is 0.912 bits per heavy atom. The number of likely N-dealkylation sites (tertiary alicyclic amines) is 1. The first-order chi connectivity index (χ1) is 16.5. The molecule has 0 aliphatic carbocycles. The number of rotatable bonds is 6. The molecule has 1 fully saturated rings. The summed E-state index contributed by atoms with van der Waals surface area (Å²) in [5.41, 5.74) is 3.12. The smallest absolute Gasteiger partial charge is 0.127 e. The SMILES string of the molecule is CC1(C)Oc2cc(O)ccc2[C@@H](c2ccc(OCCN3CCCCC3)cc2)[C@H]1c1ccccc1. The van der Waals surface area contributed by atoms with Gasteiger partial charge in [0.1, 0.15) is 29.5 Å². The average Bonchev–Trinajstić information content (AvgIpc) is 2.84. The van der Waals surface area contributed by atoms with E-state index >= 15 is 0 Å². The Labute approximate surface area is 203 Å². The molecule has 178 valence electrons. The van der Waals surface area contributed by atoms with E-state index in [9.17, 15) is 5.11 Å². The lowest BCUT2D eigenvalue weighted by Crippen LogP contribution is -2.43. The van der Waals surface area contributed by atoms with Crippen LogP contribution in [-0.4, -0.2) is 41.8 Å². The van der Waals surface area contributed by atoms with Crippen LogP contribution in [0.2, 0.25) is 0 Å². The molecular weight excluding hydrogens is 422 g/mol. The quantitative estimate of drug-likeness (QED) is 0.469. The van der Waals surface area contributed by atoms with Crippen molar-refractivity contribution in [1.82, 2.24) is 4.90 Å². The van der Waals surface area contributed by atoms with Crippen molar-refractivity contribution in [1.29, 1.82) is 0 Å². The van der Waals surface area contributed by atoms with Crippen LogP contribution >= 0.6 is 0 Å². The van der Waals surface area contributed by atoms with E-state index < -0.39 is 5.60 Å². The van der Waals surface area contributed by atoms with E-state index in [2.05, 4.69) is 73.3 Å². The minimum absolute atomic E-state index is 0.101. The fourth-order valence-corrected chi connectivity index (χ4v) is 5.67. The molecule has 0 aromatic heterocycles. The van der Waals surface area contributed by atoms with E-state index in [-0.39, 0.29) is 17.6 Å². The van der Waals surface area contributed by atoms with E-state index in [1.165, 1.54) is 43.5 Å². The normalized spacial score (nSPS) is 21.9. The third kappa shape index (κ3) is 4.78. The Kier molecular flexibility index (Phi) is 6.51. The number of piperidine rings is 1. The lowest BCUT2D eigenvalue weighted by Gasteiger charge is -2.45. The molecule has 3 aromatic rings. The van der Waals surface area contributed by atoms with Gasteiger partial charge in [-0.25, -0.2) is 0 Å². The van der Waals surface area contributed by atoms with Crippen molar-refractivity contribution in [3.05, 3.63) is 89.5 Å². The van der Waals surface area contributed by atoms with Crippen LogP contribution < -0.4 is 9.47 Å². The maximum atomic E-state index is 10.1. The molecule has 0 bridgehead atoms. The summed E-state index contributed by atoms with van der Waals surface area (Å²) < 4.78 is 12.6. The molecule has 1 saturated heterocycles. The first-order valence-electron chi connectivity index (χ1n) is 12.5. The second kappa shape index (κ2) is 9.71. The Hall–Kier alpha value is -2.98. The highest BCUT2D eigenvalue weighted by Crippen LogP contribution is 2.53. The zero-order chi connectivity index (χ0) is 23.5. The minimum Gasteiger partial charge on any atom is -0.508 e. The Bertz CT molecular complexity index is 1090. The Morgan fingerprint density at radius 3 is 2.38 bits per heavy atom. The maximum absolute atomic E-state index is 10.1. The number of benzene rings is 3. The predicted octanol–water partition coefficient (Wildman–Crippen LogP) is 6.34. The Morgan fingerprint density at radius 2 is 1.65 bits per heavy atom. The van der Waals surface area contributed by atoms with Gasteiger partial charge in [0.05, 0.1) is 0 Å². The van der Waals surface area contributed by atoms with Crippen LogP contribution in [0.3, 0.4) is 0 Å². The second-order valence-electron chi connectivity index (χ2n) is 10.1. The lowest BCUT2D eigenvalue weighted by molar-refractivity contribution is 0.0528. The molecule has 0 unspecified atom stereocenters. The minimum atomic E-state index is -0.448. The monoisotopic (exact) mass is 457 g/mol. The number of aromatic hydroxyl groups is 1. The summed E-state index contributed by atoms with van der Waals surface area (Å²) in [5, 5.41) is 10.1. The van der Waals surface area contributed by atoms with Gasteiger partial charge in [-0.05, 0) is 69.1 Å². The van der Waals surface area contributed by atoms with Crippen LogP contribution in [0.15, 0.2) is 72.8 Å². The molecule has 0 spiro atoms. The van der Waals surface area contributed by atoms with Gasteiger partial charge >= 0.3 is 0 Å². The summed E-state index contributed by atoms with van der Waals surface area (Å²) in [6.07, 6.45) is 3.96. The van der Waals surface area contributed by atoms with Gasteiger partial charge in [0, 0.05) is 30.0 Å². The van der Waals surface area contributed by atoms with Crippen LogP contribution in [0.25, 0.3) is 0 Å². The van der Waals surface area contributed by atoms with Crippen LogP contribution in [0.4, 0.5) is 0 Å². The highest BCUT2D eigenvalue weighted by molar-refractivity contribution is 5.52. The fourth-order valence-electron chi connectivity index (χ4n) is 5.67. The van der Waals surface area contributed by atoms with Gasteiger partial charge in [0.15, 0.2) is 0 Å². The van der Waals surface area contributed by atoms with Crippen LogP contribution in [0.1, 0.15) is 61.6 Å². The van der Waals surface area contributed by atoms with Crippen molar-refractivity contribution in [3.63, 3.8) is 0 Å². The van der Waals surface area contributed by atoms with E-state index in [4.69, 9.17) is 9.47 Å². The van der Waals surface area contributed by atoms with Gasteiger partial charge in [-0.3, -0.25) is 4.90 Å². The zero-order valence-corrected chi connectivity index (χ0v) is 20.2. The highest BCUT2D eigenvalue weighted by Gasteiger charge is 2.45. The molecule has 2 heterocycles. The van der Waals surface area contributed by atoms with Crippen molar-refractivity contribution in [2.45, 2.75) is 50.5 Å². The average molecular weight is 458 g/mol. The summed E-state index contributed by atoms with van der Waals surface area (Å²) in [6, 6.07) is 24.7. The summed E-state index contributed by atoms with van der Waals surface area (Å²) in [7, 11) is 0. The van der Waals surface area contributed by atoms with Crippen molar-refractivity contribution < 1.29 is 14.6 Å². The molecule has 1 N–H and O–H groups in total. The number of ether oxygens (including phenoxy) is 2. The van der Waals surface area contributed by atoms with Crippen molar-refractivity contribution in [3.8, 4) is 17.2 Å². The summed E-state index contributed by atoms with van der Waals surface area (Å²) >= 11 is 0. The molecule has 2 aliphatic rings. The molecule has 2 aliphatic heterocycles. The van der Waals surface area contributed by atoms with Gasteiger partial charge in [0.25, 0.3) is 0 Å². The molecule has 5 rings (SSSR count). The molecule has 3 aromatic carbocycles. The number of nitrogens with zero attached hydrogens (tertiary/aromatic N) is 1. The largest absolute Gasteiger partial charge is 0.508 e. The first kappa shape index (κ1) is 22.8.